The van der Waals surface area contributed by atoms with Gasteiger partial charge >= 0.3 is 10.2 Å². The molecular weight excluding hydrogens is 444 g/mol. The Hall–Kier alpha value is -3.09. The van der Waals surface area contributed by atoms with Crippen LogP contribution in [0.3, 0.4) is 0 Å². The number of hydrogen-bond acceptors (Lipinski definition) is 9. The highest BCUT2D eigenvalue weighted by atomic mass is 32.2. The molecule has 0 atom stereocenters. The first-order valence-electron chi connectivity index (χ1n) is 11.1. The van der Waals surface area contributed by atoms with Gasteiger partial charge in [0.05, 0.1) is 18.8 Å². The molecule has 2 aliphatic rings. The minimum absolute atomic E-state index is 0.305. The summed E-state index contributed by atoms with van der Waals surface area (Å²) >= 11 is 0. The van der Waals surface area contributed by atoms with E-state index >= 15 is 0 Å². The fraction of sp³-hybridized carbons (Fsp3) is 0.429. The SMILES string of the molecule is CCN1N=C(c2ccc(OCCCCCN3CCN(c4ccnc(N)c4)S3(=O)=O)cc2)NN1. The second-order valence-electron chi connectivity index (χ2n) is 7.75. The number of pyridine rings is 1. The van der Waals surface area contributed by atoms with Gasteiger partial charge in [0.25, 0.3) is 0 Å². The lowest BCUT2D eigenvalue weighted by atomic mass is 10.2. The maximum Gasteiger partial charge on any atom is 0.304 e. The average Bonchev–Trinajstić information content (AvgIpc) is 3.40. The summed E-state index contributed by atoms with van der Waals surface area (Å²) in [5, 5.41) is 6.12. The molecule has 1 aromatic carbocycles. The van der Waals surface area contributed by atoms with Crippen LogP contribution < -0.4 is 25.7 Å². The average molecular weight is 475 g/mol. The molecule has 12 heteroatoms. The number of ether oxygens (including phenoxy) is 1. The van der Waals surface area contributed by atoms with E-state index in [-0.39, 0.29) is 0 Å². The fourth-order valence-electron chi connectivity index (χ4n) is 3.69. The summed E-state index contributed by atoms with van der Waals surface area (Å²) < 4.78 is 34.4. The maximum absolute atomic E-state index is 12.8. The molecule has 2 aromatic rings. The number of hydrazone groups is 1. The zero-order chi connectivity index (χ0) is 23.3. The van der Waals surface area contributed by atoms with E-state index in [1.807, 2.05) is 31.2 Å². The van der Waals surface area contributed by atoms with Crippen LogP contribution in [0, 0.1) is 0 Å². The van der Waals surface area contributed by atoms with Crippen LogP contribution in [-0.4, -0.2) is 61.4 Å². The largest absolute Gasteiger partial charge is 0.494 e. The van der Waals surface area contributed by atoms with Crippen molar-refractivity contribution in [1.82, 2.24) is 25.4 Å². The van der Waals surface area contributed by atoms with E-state index in [0.717, 1.165) is 43.0 Å². The van der Waals surface area contributed by atoms with E-state index in [2.05, 4.69) is 21.0 Å². The molecular formula is C21H30N8O3S. The van der Waals surface area contributed by atoms with Crippen molar-refractivity contribution in [2.24, 2.45) is 5.10 Å². The van der Waals surface area contributed by atoms with Crippen LogP contribution in [-0.2, 0) is 10.2 Å². The Labute approximate surface area is 194 Å². The van der Waals surface area contributed by atoms with E-state index < -0.39 is 10.2 Å². The molecule has 178 valence electrons. The molecule has 0 aliphatic carbocycles. The first kappa shape index (κ1) is 23.1. The summed E-state index contributed by atoms with van der Waals surface area (Å²) in [7, 11) is -3.52. The van der Waals surface area contributed by atoms with Crippen LogP contribution in [0.2, 0.25) is 0 Å². The van der Waals surface area contributed by atoms with Gasteiger partial charge in [-0.2, -0.15) is 12.7 Å². The Morgan fingerprint density at radius 1 is 1.12 bits per heavy atom. The monoisotopic (exact) mass is 474 g/mol. The van der Waals surface area contributed by atoms with Crippen LogP contribution in [0.1, 0.15) is 31.7 Å². The van der Waals surface area contributed by atoms with Crippen LogP contribution in [0.15, 0.2) is 47.7 Å². The summed E-state index contributed by atoms with van der Waals surface area (Å²) in [6, 6.07) is 11.0. The standard InChI is InChI=1S/C21H30N8O3S/c1-2-29-25-21(24-26-29)17-6-8-19(9-7-17)32-15-5-3-4-12-27-13-14-28(33(27,30)31)18-10-11-23-20(22)16-18/h6-11,16,26H,2-5,12-15H2,1H3,(H2,22,23)(H,24,25). The second-order valence-corrected chi connectivity index (χ2v) is 9.61. The summed E-state index contributed by atoms with van der Waals surface area (Å²) in [4.78, 5) is 3.92. The van der Waals surface area contributed by atoms with Gasteiger partial charge in [-0.15, -0.1) is 10.6 Å². The molecule has 0 amide bonds. The van der Waals surface area contributed by atoms with Crippen LogP contribution in [0.25, 0.3) is 0 Å². The van der Waals surface area contributed by atoms with Crippen molar-refractivity contribution < 1.29 is 13.2 Å². The molecule has 3 heterocycles. The summed E-state index contributed by atoms with van der Waals surface area (Å²) in [5.74, 6) is 1.87. The second kappa shape index (κ2) is 10.2. The number of nitrogen functional groups attached to an aromatic ring is 1. The van der Waals surface area contributed by atoms with E-state index in [9.17, 15) is 8.42 Å². The van der Waals surface area contributed by atoms with Crippen molar-refractivity contribution in [1.29, 1.82) is 0 Å². The van der Waals surface area contributed by atoms with Gasteiger partial charge < -0.3 is 10.5 Å². The Morgan fingerprint density at radius 3 is 2.67 bits per heavy atom. The minimum atomic E-state index is -3.52. The molecule has 0 spiro atoms. The Kier molecular flexibility index (Phi) is 7.16. The number of anilines is 2. The van der Waals surface area contributed by atoms with Gasteiger partial charge in [0.2, 0.25) is 0 Å². The number of rotatable bonds is 10. The molecule has 4 rings (SSSR count). The molecule has 0 saturated carbocycles. The quantitative estimate of drug-likeness (QED) is 0.440. The van der Waals surface area contributed by atoms with E-state index in [0.29, 0.717) is 37.7 Å². The number of hydrogen-bond donors (Lipinski definition) is 3. The van der Waals surface area contributed by atoms with Gasteiger partial charge in [0.1, 0.15) is 11.6 Å². The van der Waals surface area contributed by atoms with Crippen LogP contribution >= 0.6 is 0 Å². The van der Waals surface area contributed by atoms with E-state index in [4.69, 9.17) is 10.5 Å². The number of unbranched alkanes of at least 4 members (excludes halogenated alkanes) is 2. The van der Waals surface area contributed by atoms with Crippen molar-refractivity contribution >= 4 is 27.6 Å². The molecule has 11 nitrogen and oxygen atoms in total. The van der Waals surface area contributed by atoms with E-state index in [1.165, 1.54) is 14.8 Å². The first-order valence-corrected chi connectivity index (χ1v) is 12.5. The number of benzene rings is 1. The highest BCUT2D eigenvalue weighted by Gasteiger charge is 2.36. The zero-order valence-electron chi connectivity index (χ0n) is 18.6. The predicted octanol–water partition coefficient (Wildman–Crippen LogP) is 1.29. The molecule has 33 heavy (non-hydrogen) atoms. The Morgan fingerprint density at radius 2 is 1.94 bits per heavy atom. The Balaban J connectivity index is 1.17. The van der Waals surface area contributed by atoms with Gasteiger partial charge in [-0.3, -0.25) is 9.73 Å². The maximum atomic E-state index is 12.8. The van der Waals surface area contributed by atoms with Crippen molar-refractivity contribution in [2.75, 3.05) is 42.8 Å². The van der Waals surface area contributed by atoms with Gasteiger partial charge in [-0.25, -0.2) is 10.1 Å². The molecule has 0 radical (unpaired) electrons. The molecule has 0 unspecified atom stereocenters. The summed E-state index contributed by atoms with van der Waals surface area (Å²) in [5.41, 5.74) is 13.2. The topological polar surface area (TPSA) is 128 Å². The minimum Gasteiger partial charge on any atom is -0.494 e. The lowest BCUT2D eigenvalue weighted by molar-refractivity contribution is 0.218. The predicted molar refractivity (Wildman–Crippen MR) is 127 cm³/mol. The third-order valence-corrected chi connectivity index (χ3v) is 7.45. The highest BCUT2D eigenvalue weighted by molar-refractivity contribution is 7.90. The van der Waals surface area contributed by atoms with Gasteiger partial charge in [-0.05, 0) is 56.5 Å². The highest BCUT2D eigenvalue weighted by Crippen LogP contribution is 2.26. The number of amidine groups is 1. The summed E-state index contributed by atoms with van der Waals surface area (Å²) in [6.07, 6.45) is 4.03. The van der Waals surface area contributed by atoms with Crippen LogP contribution in [0.5, 0.6) is 5.75 Å². The molecule has 0 bridgehead atoms. The number of nitrogens with zero attached hydrogens (tertiary/aromatic N) is 5. The van der Waals surface area contributed by atoms with Crippen LogP contribution in [0.4, 0.5) is 11.5 Å². The molecule has 1 aromatic heterocycles. The van der Waals surface area contributed by atoms with E-state index in [1.54, 1.807) is 17.3 Å². The van der Waals surface area contributed by atoms with Crippen molar-refractivity contribution in [3.05, 3.63) is 48.2 Å². The van der Waals surface area contributed by atoms with Gasteiger partial charge in [0.15, 0.2) is 5.84 Å². The molecule has 1 fully saturated rings. The normalized spacial score (nSPS) is 17.8. The lowest BCUT2D eigenvalue weighted by Crippen LogP contribution is -2.38. The number of nitrogens with one attached hydrogen (secondary N) is 2. The smallest absolute Gasteiger partial charge is 0.304 e. The molecule has 4 N–H and O–H groups in total. The molecule has 2 aliphatic heterocycles. The lowest BCUT2D eigenvalue weighted by Gasteiger charge is -2.20. The first-order chi connectivity index (χ1) is 16.0. The van der Waals surface area contributed by atoms with Crippen molar-refractivity contribution in [2.45, 2.75) is 26.2 Å². The summed E-state index contributed by atoms with van der Waals surface area (Å²) in [6.45, 7) is 4.74. The molecule has 1 saturated heterocycles. The Bertz CT molecular complexity index is 1080. The fourth-order valence-corrected chi connectivity index (χ4v) is 5.33. The van der Waals surface area contributed by atoms with Gasteiger partial charge in [-0.1, -0.05) is 0 Å². The number of hydrazine groups is 2. The third-order valence-electron chi connectivity index (χ3n) is 5.48. The zero-order valence-corrected chi connectivity index (χ0v) is 19.5. The van der Waals surface area contributed by atoms with Gasteiger partial charge in [0, 0.05) is 37.5 Å². The number of nitrogens with two attached hydrogens (primary N) is 1. The number of aromatic nitrogens is 1. The third kappa shape index (κ3) is 5.46. The van der Waals surface area contributed by atoms with Crippen molar-refractivity contribution in [3.8, 4) is 5.75 Å². The van der Waals surface area contributed by atoms with Crippen molar-refractivity contribution in [3.63, 3.8) is 0 Å².